The number of pyridine rings is 1. The van der Waals surface area contributed by atoms with Gasteiger partial charge < -0.3 is 9.55 Å². The van der Waals surface area contributed by atoms with Gasteiger partial charge in [0.25, 0.3) is 0 Å². The Kier molecular flexibility index (Phi) is 1.77. The van der Waals surface area contributed by atoms with Gasteiger partial charge in [0.1, 0.15) is 0 Å². The number of hydrogen-bond donors (Lipinski definition) is 1. The lowest BCUT2D eigenvalue weighted by Crippen LogP contribution is -2.00. The summed E-state index contributed by atoms with van der Waals surface area (Å²) in [5, 5.41) is 0. The highest BCUT2D eigenvalue weighted by Gasteiger charge is 2.00. The minimum Gasteiger partial charge on any atom is -0.360 e. The summed E-state index contributed by atoms with van der Waals surface area (Å²) in [5.74, 6) is 0. The molecule has 0 aliphatic carbocycles. The molecule has 66 valence electrons. The van der Waals surface area contributed by atoms with Gasteiger partial charge in [-0.25, -0.2) is 0 Å². The van der Waals surface area contributed by atoms with Crippen molar-refractivity contribution < 1.29 is 0 Å². The van der Waals surface area contributed by atoms with Crippen LogP contribution in [0, 0.1) is 0 Å². The number of aromatic amines is 1. The predicted octanol–water partition coefficient (Wildman–Crippen LogP) is 1.38. The summed E-state index contributed by atoms with van der Waals surface area (Å²) in [4.78, 5) is 14.1. The molecule has 1 N–H and O–H groups in total. The molecule has 3 nitrogen and oxygen atoms in total. The Balaban J connectivity index is 2.59. The van der Waals surface area contributed by atoms with E-state index in [0.29, 0.717) is 0 Å². The highest BCUT2D eigenvalue weighted by molar-refractivity contribution is 5.54. The first kappa shape index (κ1) is 7.86. The summed E-state index contributed by atoms with van der Waals surface area (Å²) in [6, 6.07) is 7.01. The van der Waals surface area contributed by atoms with Gasteiger partial charge in [-0.2, -0.15) is 0 Å². The average molecular weight is 174 g/mol. The first-order chi connectivity index (χ1) is 6.27. The molecule has 2 rings (SSSR count). The average Bonchev–Trinajstić information content (AvgIpc) is 2.51. The number of aromatic nitrogens is 2. The van der Waals surface area contributed by atoms with Crippen LogP contribution in [-0.2, 0) is 7.05 Å². The predicted molar refractivity (Wildman–Crippen MR) is 51.5 cm³/mol. The largest absolute Gasteiger partial charge is 0.360 e. The fourth-order valence-corrected chi connectivity index (χ4v) is 1.33. The molecule has 0 bridgehead atoms. The highest BCUT2D eigenvalue weighted by Crippen LogP contribution is 2.13. The SMILES string of the molecule is Cn1cccc1-c1cc(=O)cc[nH]1. The molecule has 3 heteroatoms. The molecule has 2 heterocycles. The van der Waals surface area contributed by atoms with Gasteiger partial charge in [0.05, 0.1) is 11.4 Å². The second kappa shape index (κ2) is 2.94. The normalized spacial score (nSPS) is 10.2. The van der Waals surface area contributed by atoms with Crippen molar-refractivity contribution >= 4 is 0 Å². The summed E-state index contributed by atoms with van der Waals surface area (Å²) in [6.45, 7) is 0. The van der Waals surface area contributed by atoms with E-state index >= 15 is 0 Å². The molecule has 0 spiro atoms. The Morgan fingerprint density at radius 1 is 1.38 bits per heavy atom. The van der Waals surface area contributed by atoms with Gasteiger partial charge in [0.2, 0.25) is 0 Å². The second-order valence-electron chi connectivity index (χ2n) is 2.94. The van der Waals surface area contributed by atoms with Crippen LogP contribution < -0.4 is 5.43 Å². The van der Waals surface area contributed by atoms with Crippen molar-refractivity contribution in [1.82, 2.24) is 9.55 Å². The lowest BCUT2D eigenvalue weighted by Gasteiger charge is -2.01. The van der Waals surface area contributed by atoms with Crippen molar-refractivity contribution in [2.75, 3.05) is 0 Å². The van der Waals surface area contributed by atoms with Gasteiger partial charge in [-0.05, 0) is 12.1 Å². The van der Waals surface area contributed by atoms with Crippen LogP contribution in [0.3, 0.4) is 0 Å². The molecule has 0 aromatic carbocycles. The molecule has 0 unspecified atom stereocenters. The van der Waals surface area contributed by atoms with Crippen molar-refractivity contribution in [2.24, 2.45) is 7.05 Å². The van der Waals surface area contributed by atoms with Crippen molar-refractivity contribution in [3.05, 3.63) is 46.9 Å². The Hall–Kier alpha value is -1.77. The minimum atomic E-state index is 0.0231. The molecule has 0 amide bonds. The van der Waals surface area contributed by atoms with E-state index in [1.54, 1.807) is 12.3 Å². The third kappa shape index (κ3) is 1.40. The molecule has 0 saturated heterocycles. The van der Waals surface area contributed by atoms with E-state index in [2.05, 4.69) is 4.98 Å². The maximum absolute atomic E-state index is 11.1. The number of H-pyrrole nitrogens is 1. The Morgan fingerprint density at radius 2 is 2.23 bits per heavy atom. The molecule has 0 saturated carbocycles. The molecule has 0 aliphatic heterocycles. The summed E-state index contributed by atoms with van der Waals surface area (Å²) < 4.78 is 1.96. The smallest absolute Gasteiger partial charge is 0.182 e. The molecule has 0 radical (unpaired) electrons. The number of nitrogens with zero attached hydrogens (tertiary/aromatic N) is 1. The van der Waals surface area contributed by atoms with E-state index < -0.39 is 0 Å². The first-order valence-electron chi connectivity index (χ1n) is 4.08. The fourth-order valence-electron chi connectivity index (χ4n) is 1.33. The molecule has 0 fully saturated rings. The van der Waals surface area contributed by atoms with Crippen molar-refractivity contribution in [1.29, 1.82) is 0 Å². The minimum absolute atomic E-state index is 0.0231. The van der Waals surface area contributed by atoms with Crippen LogP contribution in [0.2, 0.25) is 0 Å². The van der Waals surface area contributed by atoms with E-state index in [9.17, 15) is 4.79 Å². The van der Waals surface area contributed by atoms with Crippen LogP contribution in [-0.4, -0.2) is 9.55 Å². The molecular weight excluding hydrogens is 164 g/mol. The second-order valence-corrected chi connectivity index (χ2v) is 2.94. The van der Waals surface area contributed by atoms with Gasteiger partial charge >= 0.3 is 0 Å². The van der Waals surface area contributed by atoms with Crippen molar-refractivity contribution in [3.63, 3.8) is 0 Å². The zero-order valence-corrected chi connectivity index (χ0v) is 7.32. The Labute approximate surface area is 75.7 Å². The van der Waals surface area contributed by atoms with E-state index in [-0.39, 0.29) is 5.43 Å². The lowest BCUT2D eigenvalue weighted by molar-refractivity contribution is 0.930. The molecule has 13 heavy (non-hydrogen) atoms. The molecule has 2 aromatic rings. The first-order valence-corrected chi connectivity index (χ1v) is 4.08. The van der Waals surface area contributed by atoms with E-state index in [0.717, 1.165) is 11.4 Å². The van der Waals surface area contributed by atoms with Gasteiger partial charge in [-0.3, -0.25) is 4.79 Å². The number of nitrogens with one attached hydrogen (secondary N) is 1. The number of aryl methyl sites for hydroxylation is 1. The van der Waals surface area contributed by atoms with E-state index in [1.165, 1.54) is 6.07 Å². The quantitative estimate of drug-likeness (QED) is 0.696. The van der Waals surface area contributed by atoms with Crippen molar-refractivity contribution in [2.45, 2.75) is 0 Å². The van der Waals surface area contributed by atoms with Crippen LogP contribution in [0.1, 0.15) is 0 Å². The molecule has 0 atom stereocenters. The summed E-state index contributed by atoms with van der Waals surface area (Å²) >= 11 is 0. The number of rotatable bonds is 1. The lowest BCUT2D eigenvalue weighted by atomic mass is 10.3. The van der Waals surface area contributed by atoms with Gasteiger partial charge in [0, 0.05) is 31.6 Å². The Bertz CT molecular complexity index is 468. The van der Waals surface area contributed by atoms with Crippen LogP contribution in [0.5, 0.6) is 0 Å². The van der Waals surface area contributed by atoms with Gasteiger partial charge in [-0.1, -0.05) is 0 Å². The third-order valence-electron chi connectivity index (χ3n) is 1.99. The van der Waals surface area contributed by atoms with Crippen LogP contribution in [0.4, 0.5) is 0 Å². The zero-order chi connectivity index (χ0) is 9.26. The highest BCUT2D eigenvalue weighted by atomic mass is 16.1. The number of hydrogen-bond acceptors (Lipinski definition) is 1. The van der Waals surface area contributed by atoms with Crippen molar-refractivity contribution in [3.8, 4) is 11.4 Å². The topological polar surface area (TPSA) is 37.8 Å². The van der Waals surface area contributed by atoms with E-state index in [1.807, 2.05) is 29.9 Å². The fraction of sp³-hybridized carbons (Fsp3) is 0.100. The molecular formula is C10H10N2O. The zero-order valence-electron chi connectivity index (χ0n) is 7.32. The standard InChI is InChI=1S/C10H10N2O/c1-12-6-2-3-10(12)9-7-8(13)4-5-11-9/h2-7H,1H3,(H,11,13). The summed E-state index contributed by atoms with van der Waals surface area (Å²) in [5.41, 5.74) is 1.88. The van der Waals surface area contributed by atoms with Crippen LogP contribution in [0.25, 0.3) is 11.4 Å². The van der Waals surface area contributed by atoms with Gasteiger partial charge in [0.15, 0.2) is 5.43 Å². The third-order valence-corrected chi connectivity index (χ3v) is 1.99. The van der Waals surface area contributed by atoms with Crippen LogP contribution >= 0.6 is 0 Å². The maximum atomic E-state index is 11.1. The summed E-state index contributed by atoms with van der Waals surface area (Å²) in [7, 11) is 1.95. The summed E-state index contributed by atoms with van der Waals surface area (Å²) in [6.07, 6.45) is 3.60. The maximum Gasteiger partial charge on any atom is 0.182 e. The van der Waals surface area contributed by atoms with Crippen LogP contribution in [0.15, 0.2) is 41.5 Å². The molecule has 0 aliphatic rings. The monoisotopic (exact) mass is 174 g/mol. The van der Waals surface area contributed by atoms with Gasteiger partial charge in [-0.15, -0.1) is 0 Å². The molecule has 2 aromatic heterocycles. The Morgan fingerprint density at radius 3 is 2.85 bits per heavy atom. The van der Waals surface area contributed by atoms with E-state index in [4.69, 9.17) is 0 Å².